The lowest BCUT2D eigenvalue weighted by molar-refractivity contribution is 0.101. The number of fused-ring (bicyclic) bond motifs is 4. The summed E-state index contributed by atoms with van der Waals surface area (Å²) in [7, 11) is 1.40. The number of carbonyl (C=O) groups excluding carboxylic acids is 1. The van der Waals surface area contributed by atoms with E-state index in [2.05, 4.69) is 8.75 Å². The summed E-state index contributed by atoms with van der Waals surface area (Å²) >= 11 is 1.14. The van der Waals surface area contributed by atoms with E-state index in [-0.39, 0.29) is 18.2 Å². The maximum absolute atomic E-state index is 14.8. The number of nitrogens with zero attached hydrogens (tertiary/aromatic N) is 3. The van der Waals surface area contributed by atoms with Gasteiger partial charge in [0.2, 0.25) is 5.88 Å². The average Bonchev–Trinajstić information content (AvgIpc) is 3.58. The molecule has 0 aliphatic heterocycles. The molecule has 0 N–H and O–H groups in total. The maximum atomic E-state index is 14.8. The predicted octanol–water partition coefficient (Wildman–Crippen LogP) is 6.79. The van der Waals surface area contributed by atoms with Gasteiger partial charge in [0.15, 0.2) is 17.1 Å². The number of hydrogen-bond donors (Lipinski definition) is 0. The molecule has 0 aliphatic rings. The van der Waals surface area contributed by atoms with E-state index in [1.807, 2.05) is 47.0 Å². The SMILES string of the molecule is CCOC(=O)Oc1c(-c2ccc(OC)c(F)c2)c2oc3ccccc3c2n1Cc1ccc2nsnc2c1. The van der Waals surface area contributed by atoms with Crippen molar-refractivity contribution in [2.24, 2.45) is 0 Å². The third kappa shape index (κ3) is 3.95. The second-order valence-electron chi connectivity index (χ2n) is 8.26. The lowest BCUT2D eigenvalue weighted by atomic mass is 10.1. The molecule has 0 bridgehead atoms. The molecule has 6 rings (SSSR count). The van der Waals surface area contributed by atoms with Crippen LogP contribution in [0.3, 0.4) is 0 Å². The van der Waals surface area contributed by atoms with Crippen LogP contribution in [0.5, 0.6) is 11.6 Å². The Balaban J connectivity index is 1.63. The Labute approximate surface area is 214 Å². The molecule has 8 nitrogen and oxygen atoms in total. The number of aromatic nitrogens is 3. The summed E-state index contributed by atoms with van der Waals surface area (Å²) in [5.41, 5.74) is 5.18. The van der Waals surface area contributed by atoms with Crippen LogP contribution in [0, 0.1) is 5.82 Å². The fourth-order valence-corrected chi connectivity index (χ4v) is 4.99. The minimum absolute atomic E-state index is 0.0991. The molecule has 0 radical (unpaired) electrons. The van der Waals surface area contributed by atoms with Gasteiger partial charge in [-0.2, -0.15) is 8.75 Å². The van der Waals surface area contributed by atoms with Crippen molar-refractivity contribution in [1.82, 2.24) is 13.3 Å². The Kier molecular flexibility index (Phi) is 5.72. The van der Waals surface area contributed by atoms with Crippen LogP contribution in [-0.4, -0.2) is 33.2 Å². The van der Waals surface area contributed by atoms with E-state index in [1.54, 1.807) is 13.0 Å². The van der Waals surface area contributed by atoms with E-state index in [4.69, 9.17) is 18.6 Å². The molecule has 0 saturated carbocycles. The van der Waals surface area contributed by atoms with E-state index in [0.717, 1.165) is 33.7 Å². The van der Waals surface area contributed by atoms with Gasteiger partial charge in [-0.05, 0) is 54.4 Å². The van der Waals surface area contributed by atoms with Crippen molar-refractivity contribution in [3.8, 4) is 22.8 Å². The second kappa shape index (κ2) is 9.21. The summed E-state index contributed by atoms with van der Waals surface area (Å²) in [4.78, 5) is 12.6. The van der Waals surface area contributed by atoms with Crippen molar-refractivity contribution in [3.05, 3.63) is 72.0 Å². The Hall–Kier alpha value is -4.44. The summed E-state index contributed by atoms with van der Waals surface area (Å²) in [5.74, 6) is -0.276. The number of benzene rings is 3. The number of hydrogen-bond acceptors (Lipinski definition) is 8. The van der Waals surface area contributed by atoms with Crippen LogP contribution in [0.4, 0.5) is 9.18 Å². The van der Waals surface area contributed by atoms with E-state index in [9.17, 15) is 9.18 Å². The van der Waals surface area contributed by atoms with Gasteiger partial charge in [-0.15, -0.1) is 0 Å². The third-order valence-electron chi connectivity index (χ3n) is 6.07. The largest absolute Gasteiger partial charge is 0.515 e. The van der Waals surface area contributed by atoms with Gasteiger partial charge >= 0.3 is 6.16 Å². The van der Waals surface area contributed by atoms with Crippen LogP contribution >= 0.6 is 11.7 Å². The third-order valence-corrected chi connectivity index (χ3v) is 6.62. The molecule has 0 atom stereocenters. The van der Waals surface area contributed by atoms with Crippen LogP contribution in [0.15, 0.2) is 65.1 Å². The molecule has 3 aromatic heterocycles. The van der Waals surface area contributed by atoms with Crippen molar-refractivity contribution in [2.45, 2.75) is 13.5 Å². The number of halogens is 1. The van der Waals surface area contributed by atoms with E-state index in [0.29, 0.717) is 34.4 Å². The average molecular weight is 518 g/mol. The summed E-state index contributed by atoms with van der Waals surface area (Å²) in [6.45, 7) is 2.15. The van der Waals surface area contributed by atoms with Gasteiger partial charge < -0.3 is 23.2 Å². The lowest BCUT2D eigenvalue weighted by Gasteiger charge is -2.13. The lowest BCUT2D eigenvalue weighted by Crippen LogP contribution is -2.14. The molecule has 0 unspecified atom stereocenters. The number of furan rings is 1. The van der Waals surface area contributed by atoms with Gasteiger partial charge in [-0.1, -0.05) is 24.3 Å². The van der Waals surface area contributed by atoms with E-state index >= 15 is 0 Å². The first-order chi connectivity index (χ1) is 18.1. The fraction of sp³-hybridized carbons (Fsp3) is 0.148. The molecular weight excluding hydrogens is 497 g/mol. The molecular formula is C27H20FN3O5S. The zero-order chi connectivity index (χ0) is 25.5. The van der Waals surface area contributed by atoms with Crippen LogP contribution in [0.2, 0.25) is 0 Å². The number of rotatable bonds is 6. The standard InChI is InChI=1S/C27H20FN3O5S/c1-3-34-27(32)36-26-23(16-9-11-22(33-2)18(28)13-16)25-24(17-6-4-5-7-21(17)35-25)31(26)14-15-8-10-19-20(12-15)30-37-29-19/h4-13H,3,14H2,1-2H3. The summed E-state index contributed by atoms with van der Waals surface area (Å²) < 4.78 is 47.5. The topological polar surface area (TPSA) is 88.6 Å². The van der Waals surface area contributed by atoms with Crippen molar-refractivity contribution in [1.29, 1.82) is 0 Å². The smallest absolute Gasteiger partial charge is 0.494 e. The maximum Gasteiger partial charge on any atom is 0.515 e. The molecule has 186 valence electrons. The number of para-hydroxylation sites is 1. The molecule has 3 heterocycles. The molecule has 6 aromatic rings. The minimum atomic E-state index is -0.873. The molecule has 3 aromatic carbocycles. The van der Waals surface area contributed by atoms with Crippen LogP contribution in [-0.2, 0) is 11.3 Å². The normalized spacial score (nSPS) is 11.4. The summed E-state index contributed by atoms with van der Waals surface area (Å²) in [6.07, 6.45) is -0.873. The Morgan fingerprint density at radius 1 is 1.08 bits per heavy atom. The van der Waals surface area contributed by atoms with Crippen molar-refractivity contribution < 1.29 is 27.8 Å². The summed E-state index contributed by atoms with van der Waals surface area (Å²) in [5, 5.41) is 0.822. The molecule has 0 amide bonds. The zero-order valence-corrected chi connectivity index (χ0v) is 20.7. The number of ether oxygens (including phenoxy) is 3. The van der Waals surface area contributed by atoms with Crippen molar-refractivity contribution >= 4 is 51.0 Å². The van der Waals surface area contributed by atoms with Gasteiger partial charge in [0, 0.05) is 5.39 Å². The zero-order valence-electron chi connectivity index (χ0n) is 19.9. The highest BCUT2D eigenvalue weighted by Gasteiger charge is 2.28. The van der Waals surface area contributed by atoms with Gasteiger partial charge in [-0.25, -0.2) is 9.18 Å². The first-order valence-electron chi connectivity index (χ1n) is 11.5. The quantitative estimate of drug-likeness (QED) is 0.225. The number of carbonyl (C=O) groups is 1. The van der Waals surface area contributed by atoms with Crippen LogP contribution in [0.1, 0.15) is 12.5 Å². The van der Waals surface area contributed by atoms with Gasteiger partial charge in [0.25, 0.3) is 0 Å². The van der Waals surface area contributed by atoms with Gasteiger partial charge in [0.05, 0.1) is 43.1 Å². The summed E-state index contributed by atoms with van der Waals surface area (Å²) in [6, 6.07) is 17.9. The van der Waals surface area contributed by atoms with Crippen molar-refractivity contribution in [3.63, 3.8) is 0 Å². The van der Waals surface area contributed by atoms with Crippen LogP contribution < -0.4 is 9.47 Å². The molecule has 0 saturated heterocycles. The molecule has 37 heavy (non-hydrogen) atoms. The minimum Gasteiger partial charge on any atom is -0.494 e. The Bertz CT molecular complexity index is 1790. The van der Waals surface area contributed by atoms with Crippen molar-refractivity contribution in [2.75, 3.05) is 13.7 Å². The first-order valence-corrected chi connectivity index (χ1v) is 12.2. The molecule has 0 fully saturated rings. The highest BCUT2D eigenvalue weighted by atomic mass is 32.1. The van der Waals surface area contributed by atoms with E-state index in [1.165, 1.54) is 19.2 Å². The first kappa shape index (κ1) is 23.0. The van der Waals surface area contributed by atoms with E-state index < -0.39 is 12.0 Å². The fourth-order valence-electron chi connectivity index (χ4n) is 4.47. The molecule has 0 spiro atoms. The number of methoxy groups -OCH3 is 1. The predicted molar refractivity (Wildman–Crippen MR) is 138 cm³/mol. The molecule has 0 aliphatic carbocycles. The molecule has 10 heteroatoms. The monoisotopic (exact) mass is 517 g/mol. The highest BCUT2D eigenvalue weighted by Crippen LogP contribution is 2.45. The Morgan fingerprint density at radius 3 is 2.73 bits per heavy atom. The highest BCUT2D eigenvalue weighted by molar-refractivity contribution is 7.00. The second-order valence-corrected chi connectivity index (χ2v) is 8.79. The Morgan fingerprint density at radius 2 is 1.92 bits per heavy atom. The van der Waals surface area contributed by atoms with Gasteiger partial charge in [0.1, 0.15) is 16.6 Å². The van der Waals surface area contributed by atoms with Gasteiger partial charge in [-0.3, -0.25) is 0 Å². The van der Waals surface area contributed by atoms with Crippen LogP contribution in [0.25, 0.3) is 44.2 Å².